The fraction of sp³-hybridized carbons (Fsp3) is 0.444. The van der Waals surface area contributed by atoms with Gasteiger partial charge in [-0.25, -0.2) is 4.79 Å². The number of hydrogen-bond acceptors (Lipinski definition) is 7. The summed E-state index contributed by atoms with van der Waals surface area (Å²) >= 11 is 0. The summed E-state index contributed by atoms with van der Waals surface area (Å²) in [5, 5.41) is 15.0. The number of amides is 2. The molecule has 0 radical (unpaired) electrons. The zero-order valence-corrected chi connectivity index (χ0v) is 15.8. The molecule has 10 nitrogen and oxygen atoms in total. The SMILES string of the molecule is CC(C)n1cnnc1CNC(=O)N1CCC[C@H]1c1nc(-c2ccncc2)no1. The van der Waals surface area contributed by atoms with Crippen LogP contribution in [0.25, 0.3) is 11.4 Å². The minimum absolute atomic E-state index is 0.176. The molecule has 0 aromatic carbocycles. The van der Waals surface area contributed by atoms with Gasteiger partial charge in [-0.15, -0.1) is 10.2 Å². The van der Waals surface area contributed by atoms with Crippen LogP contribution < -0.4 is 5.32 Å². The van der Waals surface area contributed by atoms with Crippen molar-refractivity contribution in [2.45, 2.75) is 45.3 Å². The Kier molecular flexibility index (Phi) is 5.00. The molecule has 0 spiro atoms. The van der Waals surface area contributed by atoms with Crippen LogP contribution in [0, 0.1) is 0 Å². The van der Waals surface area contributed by atoms with Gasteiger partial charge in [0.05, 0.1) is 6.54 Å². The maximum atomic E-state index is 12.7. The Morgan fingerprint density at radius 1 is 1.36 bits per heavy atom. The van der Waals surface area contributed by atoms with E-state index < -0.39 is 0 Å². The van der Waals surface area contributed by atoms with Gasteiger partial charge in [-0.3, -0.25) is 4.98 Å². The van der Waals surface area contributed by atoms with E-state index in [1.54, 1.807) is 23.6 Å². The molecule has 28 heavy (non-hydrogen) atoms. The summed E-state index contributed by atoms with van der Waals surface area (Å²) in [6, 6.07) is 3.46. The van der Waals surface area contributed by atoms with E-state index >= 15 is 0 Å². The highest BCUT2D eigenvalue weighted by atomic mass is 16.5. The Bertz CT molecular complexity index is 936. The molecular weight excluding hydrogens is 360 g/mol. The first kappa shape index (κ1) is 18.1. The second-order valence-electron chi connectivity index (χ2n) is 6.95. The van der Waals surface area contributed by atoms with E-state index in [0.29, 0.717) is 24.8 Å². The molecule has 0 bridgehead atoms. The maximum absolute atomic E-state index is 12.7. The normalized spacial score (nSPS) is 16.7. The average Bonchev–Trinajstić information content (AvgIpc) is 3.46. The van der Waals surface area contributed by atoms with Crippen molar-refractivity contribution in [2.24, 2.45) is 0 Å². The minimum Gasteiger partial charge on any atom is -0.337 e. The van der Waals surface area contributed by atoms with E-state index in [1.165, 1.54) is 0 Å². The third-order valence-electron chi connectivity index (χ3n) is 4.78. The first-order valence-corrected chi connectivity index (χ1v) is 9.30. The summed E-state index contributed by atoms with van der Waals surface area (Å²) in [7, 11) is 0. The molecule has 10 heteroatoms. The van der Waals surface area contributed by atoms with Crippen LogP contribution in [0.1, 0.15) is 50.5 Å². The Morgan fingerprint density at radius 2 is 2.18 bits per heavy atom. The molecule has 4 heterocycles. The largest absolute Gasteiger partial charge is 0.337 e. The van der Waals surface area contributed by atoms with Crippen LogP contribution in [-0.2, 0) is 6.54 Å². The van der Waals surface area contributed by atoms with Gasteiger partial charge in [0.1, 0.15) is 12.4 Å². The summed E-state index contributed by atoms with van der Waals surface area (Å²) in [4.78, 5) is 23.0. The van der Waals surface area contributed by atoms with Crippen LogP contribution in [0.5, 0.6) is 0 Å². The number of nitrogens with zero attached hydrogens (tertiary/aromatic N) is 7. The van der Waals surface area contributed by atoms with Crippen molar-refractivity contribution in [3.8, 4) is 11.4 Å². The average molecular weight is 382 g/mol. The number of urea groups is 1. The van der Waals surface area contributed by atoms with Crippen LogP contribution in [0.15, 0.2) is 35.4 Å². The van der Waals surface area contributed by atoms with Crippen molar-refractivity contribution >= 4 is 6.03 Å². The summed E-state index contributed by atoms with van der Waals surface area (Å²) in [5.41, 5.74) is 0.826. The van der Waals surface area contributed by atoms with E-state index in [9.17, 15) is 4.79 Å². The molecule has 146 valence electrons. The van der Waals surface area contributed by atoms with E-state index in [2.05, 4.69) is 30.6 Å². The standard InChI is InChI=1S/C18H22N8O2/c1-12(2)26-11-21-23-15(26)10-20-18(27)25-9-3-4-14(25)17-22-16(24-28-17)13-5-7-19-8-6-13/h5-8,11-12,14H,3-4,9-10H2,1-2H3,(H,20,27)/t14-/m0/s1. The van der Waals surface area contributed by atoms with Crippen molar-refractivity contribution in [2.75, 3.05) is 6.54 Å². The number of pyridine rings is 1. The van der Waals surface area contributed by atoms with Gasteiger partial charge in [0.15, 0.2) is 5.82 Å². The van der Waals surface area contributed by atoms with Gasteiger partial charge >= 0.3 is 6.03 Å². The van der Waals surface area contributed by atoms with Crippen molar-refractivity contribution in [1.29, 1.82) is 0 Å². The summed E-state index contributed by atoms with van der Waals surface area (Å²) in [6.45, 7) is 5.04. The molecule has 3 aromatic rings. The van der Waals surface area contributed by atoms with Crippen LogP contribution in [0.4, 0.5) is 4.79 Å². The van der Waals surface area contributed by atoms with Crippen LogP contribution >= 0.6 is 0 Å². The van der Waals surface area contributed by atoms with Crippen molar-refractivity contribution < 1.29 is 9.32 Å². The Morgan fingerprint density at radius 3 is 2.96 bits per heavy atom. The number of carbonyl (C=O) groups is 1. The molecule has 1 saturated heterocycles. The molecule has 1 fully saturated rings. The molecule has 2 amide bonds. The van der Waals surface area contributed by atoms with Crippen molar-refractivity contribution in [1.82, 2.24) is 40.1 Å². The molecule has 0 aliphatic carbocycles. The number of nitrogens with one attached hydrogen (secondary N) is 1. The van der Waals surface area contributed by atoms with Gasteiger partial charge < -0.3 is 19.3 Å². The number of likely N-dealkylation sites (tertiary alicyclic amines) is 1. The van der Waals surface area contributed by atoms with Gasteiger partial charge in [-0.2, -0.15) is 4.98 Å². The lowest BCUT2D eigenvalue weighted by Gasteiger charge is -2.22. The third kappa shape index (κ3) is 3.57. The molecule has 0 unspecified atom stereocenters. The van der Waals surface area contributed by atoms with Crippen LogP contribution in [0.3, 0.4) is 0 Å². The second-order valence-corrected chi connectivity index (χ2v) is 6.95. The van der Waals surface area contributed by atoms with Crippen LogP contribution in [-0.4, -0.2) is 47.4 Å². The maximum Gasteiger partial charge on any atom is 0.318 e. The number of hydrogen-bond donors (Lipinski definition) is 1. The predicted octanol–water partition coefficient (Wildman–Crippen LogP) is 2.35. The molecule has 3 aromatic heterocycles. The van der Waals surface area contributed by atoms with Crippen LogP contribution in [0.2, 0.25) is 0 Å². The highest BCUT2D eigenvalue weighted by Gasteiger charge is 2.34. The molecule has 1 aliphatic rings. The highest BCUT2D eigenvalue weighted by molar-refractivity contribution is 5.74. The molecule has 1 atom stereocenters. The monoisotopic (exact) mass is 382 g/mol. The third-order valence-corrected chi connectivity index (χ3v) is 4.78. The summed E-state index contributed by atoms with van der Waals surface area (Å²) < 4.78 is 7.39. The lowest BCUT2D eigenvalue weighted by atomic mass is 10.2. The van der Waals surface area contributed by atoms with E-state index in [1.807, 2.05) is 30.5 Å². The van der Waals surface area contributed by atoms with E-state index in [0.717, 1.165) is 24.2 Å². The minimum atomic E-state index is -0.231. The van der Waals surface area contributed by atoms with Gasteiger partial charge in [-0.05, 0) is 38.8 Å². The van der Waals surface area contributed by atoms with Gasteiger partial charge in [0, 0.05) is 30.5 Å². The lowest BCUT2D eigenvalue weighted by molar-refractivity contribution is 0.179. The van der Waals surface area contributed by atoms with Gasteiger partial charge in [0.25, 0.3) is 0 Å². The molecule has 1 aliphatic heterocycles. The van der Waals surface area contributed by atoms with Crippen molar-refractivity contribution in [3.63, 3.8) is 0 Å². The quantitative estimate of drug-likeness (QED) is 0.720. The zero-order valence-electron chi connectivity index (χ0n) is 15.8. The van der Waals surface area contributed by atoms with E-state index in [-0.39, 0.29) is 18.1 Å². The Labute approximate surface area is 162 Å². The first-order chi connectivity index (χ1) is 13.6. The van der Waals surface area contributed by atoms with Gasteiger partial charge in [0.2, 0.25) is 11.7 Å². The first-order valence-electron chi connectivity index (χ1n) is 9.30. The highest BCUT2D eigenvalue weighted by Crippen LogP contribution is 2.31. The summed E-state index contributed by atoms with van der Waals surface area (Å²) in [5.74, 6) is 1.66. The summed E-state index contributed by atoms with van der Waals surface area (Å²) in [6.07, 6.45) is 6.69. The van der Waals surface area contributed by atoms with Gasteiger partial charge in [-0.1, -0.05) is 5.16 Å². The Balaban J connectivity index is 1.44. The fourth-order valence-electron chi connectivity index (χ4n) is 3.34. The number of aromatic nitrogens is 6. The van der Waals surface area contributed by atoms with E-state index in [4.69, 9.17) is 4.52 Å². The topological polar surface area (TPSA) is 115 Å². The smallest absolute Gasteiger partial charge is 0.318 e. The lowest BCUT2D eigenvalue weighted by Crippen LogP contribution is -2.39. The molecule has 0 saturated carbocycles. The molecular formula is C18H22N8O2. The predicted molar refractivity (Wildman–Crippen MR) is 98.9 cm³/mol. The van der Waals surface area contributed by atoms with Crippen molar-refractivity contribution in [3.05, 3.63) is 42.6 Å². The Hall–Kier alpha value is -3.30. The zero-order chi connectivity index (χ0) is 19.5. The number of rotatable bonds is 5. The molecule has 1 N–H and O–H groups in total. The fourth-order valence-corrected chi connectivity index (χ4v) is 3.34. The number of carbonyl (C=O) groups excluding carboxylic acids is 1. The second kappa shape index (κ2) is 7.75. The molecule has 4 rings (SSSR count).